The van der Waals surface area contributed by atoms with Crippen molar-refractivity contribution < 1.29 is 32.7 Å². The molecule has 0 aliphatic rings. The van der Waals surface area contributed by atoms with Crippen LogP contribution in [0.5, 0.6) is 0 Å². The number of benzene rings is 5. The highest BCUT2D eigenvalue weighted by atomic mass is 19.4. The molecule has 55 heavy (non-hydrogen) atoms. The lowest BCUT2D eigenvalue weighted by molar-refractivity contribution is -0.192. The minimum atomic E-state index is -5.08. The Balaban J connectivity index is 0.000000757. The molecule has 284 valence electrons. The molecule has 0 fully saturated rings. The second kappa shape index (κ2) is 19.2. The van der Waals surface area contributed by atoms with Crippen LogP contribution in [-0.4, -0.2) is 58.6 Å². The summed E-state index contributed by atoms with van der Waals surface area (Å²) in [6.45, 7) is 1.86. The molecular weight excluding hydrogens is 706 g/mol. The average Bonchev–Trinajstić information content (AvgIpc) is 3.62. The van der Waals surface area contributed by atoms with E-state index in [9.17, 15) is 22.8 Å². The molecule has 0 spiro atoms. The number of halogens is 3. The standard InChI is InChI=1S/C42H42N4O2.C2HF3O2/c43-25-26-44-42(48)39-20-8-7-18-37(39)34-17-11-12-31(28-34)30-46(41(47)23-22-35-29-45-40-21-10-9-19-38(35)40)27-24-36(32-13-3-1-4-14-32)33-15-5-2-6-16-33;3-2(4,5)1(6)7/h1-21,28-29,36,45H,22-27,30,43H2,(H,44,48);(H,6,7). The number of carbonyl (C=O) groups is 3. The summed E-state index contributed by atoms with van der Waals surface area (Å²) in [6, 6.07) is 45.1. The van der Waals surface area contributed by atoms with Gasteiger partial charge in [0.25, 0.3) is 5.91 Å². The number of aliphatic carboxylic acids is 1. The zero-order chi connectivity index (χ0) is 39.2. The summed E-state index contributed by atoms with van der Waals surface area (Å²) in [7, 11) is 0. The number of nitrogens with zero attached hydrogens (tertiary/aromatic N) is 1. The first kappa shape index (κ1) is 40.0. The molecule has 0 radical (unpaired) electrons. The number of carbonyl (C=O) groups excluding carboxylic acids is 2. The quantitative estimate of drug-likeness (QED) is 0.0891. The van der Waals surface area contributed by atoms with E-state index in [0.29, 0.717) is 44.6 Å². The number of aromatic amines is 1. The summed E-state index contributed by atoms with van der Waals surface area (Å²) in [5.41, 5.74) is 13.7. The number of nitrogens with two attached hydrogens (primary N) is 1. The smallest absolute Gasteiger partial charge is 0.475 e. The van der Waals surface area contributed by atoms with Crippen molar-refractivity contribution in [2.45, 2.75) is 37.9 Å². The van der Waals surface area contributed by atoms with Gasteiger partial charge in [0.05, 0.1) is 0 Å². The van der Waals surface area contributed by atoms with Gasteiger partial charge >= 0.3 is 12.1 Å². The number of hydrogen-bond donors (Lipinski definition) is 4. The fourth-order valence-electron chi connectivity index (χ4n) is 6.48. The molecule has 5 N–H and O–H groups in total. The van der Waals surface area contributed by atoms with Crippen LogP contribution < -0.4 is 11.1 Å². The number of para-hydroxylation sites is 1. The van der Waals surface area contributed by atoms with Gasteiger partial charge in [0.15, 0.2) is 0 Å². The Labute approximate surface area is 317 Å². The number of amides is 2. The van der Waals surface area contributed by atoms with Crippen LogP contribution in [0.15, 0.2) is 140 Å². The van der Waals surface area contributed by atoms with E-state index in [1.165, 1.54) is 11.1 Å². The van der Waals surface area contributed by atoms with E-state index in [0.717, 1.165) is 39.6 Å². The fraction of sp³-hybridized carbons (Fsp3) is 0.205. The largest absolute Gasteiger partial charge is 0.490 e. The van der Waals surface area contributed by atoms with E-state index < -0.39 is 12.1 Å². The lowest BCUT2D eigenvalue weighted by atomic mass is 9.88. The number of nitrogens with one attached hydrogen (secondary N) is 2. The number of rotatable bonds is 14. The molecule has 6 aromatic rings. The predicted molar refractivity (Wildman–Crippen MR) is 208 cm³/mol. The summed E-state index contributed by atoms with van der Waals surface area (Å²) in [4.78, 5) is 41.3. The third-order valence-corrected chi connectivity index (χ3v) is 9.18. The Morgan fingerprint density at radius 3 is 2.07 bits per heavy atom. The van der Waals surface area contributed by atoms with E-state index >= 15 is 0 Å². The van der Waals surface area contributed by atoms with Crippen molar-refractivity contribution in [1.82, 2.24) is 15.2 Å². The topological polar surface area (TPSA) is 129 Å². The molecule has 6 rings (SSSR count). The molecular formula is C44H43F3N4O4. The number of fused-ring (bicyclic) bond motifs is 1. The third-order valence-electron chi connectivity index (χ3n) is 9.18. The van der Waals surface area contributed by atoms with E-state index in [4.69, 9.17) is 15.6 Å². The Kier molecular flexibility index (Phi) is 14.0. The number of alkyl halides is 3. The number of carboxylic acids is 1. The third kappa shape index (κ3) is 11.2. The van der Waals surface area contributed by atoms with Gasteiger partial charge in [-0.1, -0.05) is 115 Å². The van der Waals surface area contributed by atoms with E-state index in [2.05, 4.69) is 83.1 Å². The van der Waals surface area contributed by atoms with Gasteiger partial charge in [0.1, 0.15) is 0 Å². The highest BCUT2D eigenvalue weighted by Gasteiger charge is 2.38. The number of aromatic nitrogens is 1. The molecule has 0 saturated heterocycles. The van der Waals surface area contributed by atoms with Gasteiger partial charge < -0.3 is 26.0 Å². The summed E-state index contributed by atoms with van der Waals surface area (Å²) >= 11 is 0. The summed E-state index contributed by atoms with van der Waals surface area (Å²) in [5.74, 6) is -2.63. The molecule has 0 saturated carbocycles. The van der Waals surface area contributed by atoms with Crippen molar-refractivity contribution in [3.8, 4) is 11.1 Å². The molecule has 1 aromatic heterocycles. The van der Waals surface area contributed by atoms with Crippen molar-refractivity contribution in [2.24, 2.45) is 5.73 Å². The molecule has 0 atom stereocenters. The molecule has 2 amide bonds. The fourth-order valence-corrected chi connectivity index (χ4v) is 6.48. The van der Waals surface area contributed by atoms with Crippen molar-refractivity contribution in [3.05, 3.63) is 167 Å². The van der Waals surface area contributed by atoms with Crippen LogP contribution in [0.1, 0.15) is 51.4 Å². The molecule has 8 nitrogen and oxygen atoms in total. The van der Waals surface area contributed by atoms with Crippen LogP contribution in [0.4, 0.5) is 13.2 Å². The molecule has 0 unspecified atom stereocenters. The maximum atomic E-state index is 14.1. The van der Waals surface area contributed by atoms with Gasteiger partial charge in [-0.3, -0.25) is 9.59 Å². The highest BCUT2D eigenvalue weighted by molar-refractivity contribution is 6.01. The van der Waals surface area contributed by atoms with Crippen LogP contribution in [0.2, 0.25) is 0 Å². The Morgan fingerprint density at radius 2 is 1.42 bits per heavy atom. The minimum Gasteiger partial charge on any atom is -0.475 e. The lowest BCUT2D eigenvalue weighted by Crippen LogP contribution is -2.32. The van der Waals surface area contributed by atoms with E-state index in [1.807, 2.05) is 71.8 Å². The monoisotopic (exact) mass is 748 g/mol. The second-order valence-electron chi connectivity index (χ2n) is 12.9. The number of aryl methyl sites for hydroxylation is 1. The highest BCUT2D eigenvalue weighted by Crippen LogP contribution is 2.30. The first-order valence-corrected chi connectivity index (χ1v) is 17.9. The van der Waals surface area contributed by atoms with Crippen molar-refractivity contribution in [3.63, 3.8) is 0 Å². The zero-order valence-corrected chi connectivity index (χ0v) is 30.1. The van der Waals surface area contributed by atoms with Gasteiger partial charge in [-0.25, -0.2) is 4.79 Å². The van der Waals surface area contributed by atoms with Gasteiger partial charge in [-0.15, -0.1) is 0 Å². The minimum absolute atomic E-state index is 0.118. The maximum absolute atomic E-state index is 14.1. The van der Waals surface area contributed by atoms with E-state index in [1.54, 1.807) is 0 Å². The molecule has 0 aliphatic heterocycles. The number of H-pyrrole nitrogens is 1. The van der Waals surface area contributed by atoms with Crippen molar-refractivity contribution in [2.75, 3.05) is 19.6 Å². The van der Waals surface area contributed by atoms with Crippen LogP contribution in [0.25, 0.3) is 22.0 Å². The average molecular weight is 749 g/mol. The molecule has 11 heteroatoms. The maximum Gasteiger partial charge on any atom is 0.490 e. The normalized spacial score (nSPS) is 11.1. The number of carboxylic acid groups (broad SMARTS) is 1. The van der Waals surface area contributed by atoms with Gasteiger partial charge in [-0.05, 0) is 64.4 Å². The SMILES string of the molecule is NCCNC(=O)c1ccccc1-c1cccc(CN(CCC(c2ccccc2)c2ccccc2)C(=O)CCc2c[nH]c3ccccc23)c1.O=C(O)C(F)(F)F. The van der Waals surface area contributed by atoms with Crippen LogP contribution in [-0.2, 0) is 22.6 Å². The Morgan fingerprint density at radius 1 is 0.800 bits per heavy atom. The lowest BCUT2D eigenvalue weighted by Gasteiger charge is -2.27. The van der Waals surface area contributed by atoms with Crippen LogP contribution in [0, 0.1) is 0 Å². The number of hydrogen-bond acceptors (Lipinski definition) is 4. The molecule has 0 bridgehead atoms. The van der Waals surface area contributed by atoms with Gasteiger partial charge in [-0.2, -0.15) is 13.2 Å². The molecule has 0 aliphatic carbocycles. The summed E-state index contributed by atoms with van der Waals surface area (Å²) in [5, 5.41) is 11.2. The first-order valence-electron chi connectivity index (χ1n) is 17.9. The summed E-state index contributed by atoms with van der Waals surface area (Å²) < 4.78 is 31.7. The Hall–Kier alpha value is -6.20. The second-order valence-corrected chi connectivity index (χ2v) is 12.9. The van der Waals surface area contributed by atoms with Crippen molar-refractivity contribution >= 4 is 28.7 Å². The van der Waals surface area contributed by atoms with Crippen molar-refractivity contribution in [1.29, 1.82) is 0 Å². The summed E-state index contributed by atoms with van der Waals surface area (Å²) in [6.07, 6.45) is -1.21. The first-order chi connectivity index (χ1) is 26.5. The van der Waals surface area contributed by atoms with Gasteiger partial charge in [0.2, 0.25) is 5.91 Å². The molecule has 1 heterocycles. The van der Waals surface area contributed by atoms with E-state index in [-0.39, 0.29) is 17.7 Å². The molecule has 5 aromatic carbocycles. The van der Waals surface area contributed by atoms with Gasteiger partial charge in [0, 0.05) is 61.2 Å². The van der Waals surface area contributed by atoms with Crippen LogP contribution in [0.3, 0.4) is 0 Å². The Bertz CT molecular complexity index is 2130. The van der Waals surface area contributed by atoms with Crippen LogP contribution >= 0.6 is 0 Å². The predicted octanol–water partition coefficient (Wildman–Crippen LogP) is 8.34. The zero-order valence-electron chi connectivity index (χ0n) is 30.1.